The molecule has 0 N–H and O–H groups in total. The van der Waals surface area contributed by atoms with E-state index in [-0.39, 0.29) is 4.88 Å². The SMILES string of the molecule is O=C(c1cc(Br)c(Br)s1)c1c(F)c(F)c(F)c(F)c1F. The van der Waals surface area contributed by atoms with Gasteiger partial charge < -0.3 is 0 Å². The summed E-state index contributed by atoms with van der Waals surface area (Å²) in [4.78, 5) is 11.7. The summed E-state index contributed by atoms with van der Waals surface area (Å²) < 4.78 is 66.8. The Morgan fingerprint density at radius 1 is 0.900 bits per heavy atom. The third kappa shape index (κ3) is 2.42. The summed E-state index contributed by atoms with van der Waals surface area (Å²) in [6.45, 7) is 0. The van der Waals surface area contributed by atoms with Crippen LogP contribution < -0.4 is 0 Å². The molecular formula is C11HBr2F5OS. The van der Waals surface area contributed by atoms with Gasteiger partial charge in [0.05, 0.1) is 8.66 Å². The van der Waals surface area contributed by atoms with E-state index in [0.29, 0.717) is 8.26 Å². The maximum atomic E-state index is 13.5. The third-order valence-corrected chi connectivity index (χ3v) is 5.56. The molecule has 0 aliphatic carbocycles. The van der Waals surface area contributed by atoms with E-state index < -0.39 is 40.4 Å². The molecule has 0 amide bonds. The lowest BCUT2D eigenvalue weighted by atomic mass is 10.1. The topological polar surface area (TPSA) is 17.1 Å². The Bertz CT molecular complexity index is 680. The normalized spacial score (nSPS) is 10.9. The van der Waals surface area contributed by atoms with Crippen molar-refractivity contribution in [1.82, 2.24) is 0 Å². The number of carbonyl (C=O) groups is 1. The first-order valence-corrected chi connectivity index (χ1v) is 7.17. The summed E-state index contributed by atoms with van der Waals surface area (Å²) in [5.41, 5.74) is -1.47. The Morgan fingerprint density at radius 3 is 1.75 bits per heavy atom. The lowest BCUT2D eigenvalue weighted by molar-refractivity contribution is 0.103. The average Bonchev–Trinajstić information content (AvgIpc) is 2.74. The summed E-state index contributed by atoms with van der Waals surface area (Å²) in [6.07, 6.45) is 0. The van der Waals surface area contributed by atoms with Crippen LogP contribution >= 0.6 is 43.2 Å². The summed E-state index contributed by atoms with van der Waals surface area (Å²) >= 11 is 6.91. The van der Waals surface area contributed by atoms with Crippen molar-refractivity contribution in [3.63, 3.8) is 0 Å². The van der Waals surface area contributed by atoms with E-state index in [1.807, 2.05) is 0 Å². The van der Waals surface area contributed by atoms with Crippen molar-refractivity contribution in [3.8, 4) is 0 Å². The molecule has 2 rings (SSSR count). The van der Waals surface area contributed by atoms with Crippen LogP contribution in [0.3, 0.4) is 0 Å². The molecule has 0 atom stereocenters. The number of benzene rings is 1. The van der Waals surface area contributed by atoms with E-state index in [1.165, 1.54) is 6.07 Å². The van der Waals surface area contributed by atoms with Crippen LogP contribution in [0, 0.1) is 29.1 Å². The molecule has 1 nitrogen and oxygen atoms in total. The first-order chi connectivity index (χ1) is 9.25. The maximum absolute atomic E-state index is 13.5. The molecule has 2 aromatic rings. The van der Waals surface area contributed by atoms with Crippen LogP contribution in [0.4, 0.5) is 22.0 Å². The Morgan fingerprint density at radius 2 is 1.35 bits per heavy atom. The van der Waals surface area contributed by atoms with Crippen LogP contribution in [-0.4, -0.2) is 5.78 Å². The summed E-state index contributed by atoms with van der Waals surface area (Å²) in [5.74, 6) is -12.2. The van der Waals surface area contributed by atoms with Gasteiger partial charge in [0.1, 0.15) is 5.56 Å². The summed E-state index contributed by atoms with van der Waals surface area (Å²) in [6, 6.07) is 1.22. The second-order valence-electron chi connectivity index (χ2n) is 3.51. The van der Waals surface area contributed by atoms with Gasteiger partial charge in [-0.25, -0.2) is 22.0 Å². The van der Waals surface area contributed by atoms with Gasteiger partial charge in [0, 0.05) is 4.47 Å². The van der Waals surface area contributed by atoms with Crippen molar-refractivity contribution < 1.29 is 26.7 Å². The van der Waals surface area contributed by atoms with Crippen LogP contribution in [0.5, 0.6) is 0 Å². The Kier molecular flexibility index (Phi) is 4.31. The molecule has 9 heteroatoms. The van der Waals surface area contributed by atoms with Gasteiger partial charge in [-0.3, -0.25) is 4.79 Å². The maximum Gasteiger partial charge on any atom is 0.209 e. The highest BCUT2D eigenvalue weighted by Gasteiger charge is 2.31. The highest BCUT2D eigenvalue weighted by Crippen LogP contribution is 2.35. The lowest BCUT2D eigenvalue weighted by Gasteiger charge is -2.06. The van der Waals surface area contributed by atoms with Crippen LogP contribution in [0.1, 0.15) is 15.2 Å². The average molecular weight is 436 g/mol. The quantitative estimate of drug-likeness (QED) is 0.274. The minimum absolute atomic E-state index is 0.174. The standard InChI is InChI=1S/C11HBr2F5OS/c12-2-1-3(20-11(2)13)10(19)4-5(14)7(16)9(18)8(17)6(4)15/h1H. The number of carbonyl (C=O) groups excluding carboxylic acids is 1. The molecule has 106 valence electrons. The molecule has 1 aromatic heterocycles. The van der Waals surface area contributed by atoms with Crippen molar-refractivity contribution >= 4 is 49.0 Å². The molecule has 0 spiro atoms. The number of hydrogen-bond donors (Lipinski definition) is 0. The van der Waals surface area contributed by atoms with Crippen molar-refractivity contribution in [2.45, 2.75) is 0 Å². The second kappa shape index (κ2) is 5.53. The van der Waals surface area contributed by atoms with Crippen LogP contribution in [0.15, 0.2) is 14.3 Å². The zero-order valence-corrected chi connectivity index (χ0v) is 13.0. The molecule has 0 bridgehead atoms. The number of hydrogen-bond acceptors (Lipinski definition) is 2. The largest absolute Gasteiger partial charge is 0.287 e. The monoisotopic (exact) mass is 434 g/mol. The van der Waals surface area contributed by atoms with Gasteiger partial charge in [-0.2, -0.15) is 0 Å². The van der Waals surface area contributed by atoms with E-state index in [9.17, 15) is 26.7 Å². The molecule has 0 aliphatic rings. The van der Waals surface area contributed by atoms with Gasteiger partial charge in [-0.1, -0.05) is 0 Å². The van der Waals surface area contributed by atoms with Gasteiger partial charge in [-0.05, 0) is 37.9 Å². The van der Waals surface area contributed by atoms with Gasteiger partial charge in [0.25, 0.3) is 0 Å². The Labute approximate surface area is 129 Å². The number of rotatable bonds is 2. The van der Waals surface area contributed by atoms with Gasteiger partial charge in [0.15, 0.2) is 23.3 Å². The fraction of sp³-hybridized carbons (Fsp3) is 0. The van der Waals surface area contributed by atoms with E-state index in [2.05, 4.69) is 31.9 Å². The van der Waals surface area contributed by atoms with Crippen molar-refractivity contribution in [2.75, 3.05) is 0 Å². The highest BCUT2D eigenvalue weighted by atomic mass is 79.9. The first kappa shape index (κ1) is 15.6. The number of ketones is 1. The van der Waals surface area contributed by atoms with E-state index >= 15 is 0 Å². The zero-order valence-electron chi connectivity index (χ0n) is 9.04. The van der Waals surface area contributed by atoms with E-state index in [4.69, 9.17) is 0 Å². The minimum atomic E-state index is -2.30. The van der Waals surface area contributed by atoms with Crippen LogP contribution in [0.2, 0.25) is 0 Å². The van der Waals surface area contributed by atoms with Crippen molar-refractivity contribution in [1.29, 1.82) is 0 Å². The number of halogens is 7. The smallest absolute Gasteiger partial charge is 0.209 e. The second-order valence-corrected chi connectivity index (χ2v) is 6.73. The molecule has 1 heterocycles. The van der Waals surface area contributed by atoms with E-state index in [1.54, 1.807) is 0 Å². The molecule has 0 saturated carbocycles. The number of thiophene rings is 1. The minimum Gasteiger partial charge on any atom is -0.287 e. The zero-order chi connectivity index (χ0) is 15.2. The molecule has 1 aromatic carbocycles. The van der Waals surface area contributed by atoms with Gasteiger partial charge in [0.2, 0.25) is 11.6 Å². The third-order valence-electron chi connectivity index (χ3n) is 2.31. The molecular weight excluding hydrogens is 435 g/mol. The van der Waals surface area contributed by atoms with Crippen molar-refractivity contribution in [3.05, 3.63) is 53.9 Å². The van der Waals surface area contributed by atoms with Crippen molar-refractivity contribution in [2.24, 2.45) is 0 Å². The fourth-order valence-corrected chi connectivity index (χ4v) is 3.37. The van der Waals surface area contributed by atoms with Gasteiger partial charge >= 0.3 is 0 Å². The lowest BCUT2D eigenvalue weighted by Crippen LogP contribution is -2.12. The molecule has 0 radical (unpaired) electrons. The molecule has 0 aliphatic heterocycles. The van der Waals surface area contributed by atoms with Gasteiger partial charge in [-0.15, -0.1) is 11.3 Å². The molecule has 20 heavy (non-hydrogen) atoms. The van der Waals surface area contributed by atoms with E-state index in [0.717, 1.165) is 11.3 Å². The first-order valence-electron chi connectivity index (χ1n) is 4.76. The molecule has 0 fully saturated rings. The Hall–Kier alpha value is -0.800. The fourth-order valence-electron chi connectivity index (χ4n) is 1.39. The highest BCUT2D eigenvalue weighted by molar-refractivity contribution is 9.13. The molecule has 0 saturated heterocycles. The molecule has 0 unspecified atom stereocenters. The summed E-state index contributed by atoms with van der Waals surface area (Å²) in [7, 11) is 0. The van der Waals surface area contributed by atoms with Crippen LogP contribution in [0.25, 0.3) is 0 Å². The Balaban J connectivity index is 2.67. The summed E-state index contributed by atoms with van der Waals surface area (Å²) in [5, 5.41) is 0. The van der Waals surface area contributed by atoms with Crippen LogP contribution in [-0.2, 0) is 0 Å². The predicted molar refractivity (Wildman–Crippen MR) is 69.4 cm³/mol. The predicted octanol–water partition coefficient (Wildman–Crippen LogP) is 5.20.